The van der Waals surface area contributed by atoms with Gasteiger partial charge in [-0.3, -0.25) is 4.79 Å². The topological polar surface area (TPSA) is 44.8 Å². The Balaban J connectivity index is 1.72. The summed E-state index contributed by atoms with van der Waals surface area (Å²) in [5, 5.41) is 0. The van der Waals surface area contributed by atoms with Gasteiger partial charge in [-0.25, -0.2) is 0 Å². The summed E-state index contributed by atoms with van der Waals surface area (Å²) in [4.78, 5) is 12.6. The van der Waals surface area contributed by atoms with Crippen LogP contribution in [0.15, 0.2) is 42.2 Å². The number of Topliss-reactive ketones (excluding diaryl/α,β-unsaturated/α-hetero) is 1. The van der Waals surface area contributed by atoms with Crippen molar-refractivity contribution in [2.24, 2.45) is 0 Å². The van der Waals surface area contributed by atoms with Crippen molar-refractivity contribution < 1.29 is 19.0 Å². The predicted molar refractivity (Wildman–Crippen MR) is 107 cm³/mol. The quantitative estimate of drug-likeness (QED) is 0.452. The largest absolute Gasteiger partial charge is 0.493 e. The van der Waals surface area contributed by atoms with E-state index in [1.54, 1.807) is 13.2 Å². The molecule has 1 aliphatic rings. The molecule has 142 valence electrons. The number of aryl methyl sites for hydroxylation is 1. The number of methoxy groups -OCH3 is 1. The fraction of sp³-hybridized carbons (Fsp3) is 0.348. The van der Waals surface area contributed by atoms with Crippen LogP contribution in [0.3, 0.4) is 0 Å². The van der Waals surface area contributed by atoms with Crippen molar-refractivity contribution in [1.82, 2.24) is 0 Å². The van der Waals surface area contributed by atoms with Crippen molar-refractivity contribution in [2.75, 3.05) is 13.7 Å². The van der Waals surface area contributed by atoms with E-state index < -0.39 is 0 Å². The second kappa shape index (κ2) is 8.76. The van der Waals surface area contributed by atoms with Crippen molar-refractivity contribution in [3.8, 4) is 17.2 Å². The fourth-order valence-electron chi connectivity index (χ4n) is 3.06. The third kappa shape index (κ3) is 4.51. The van der Waals surface area contributed by atoms with Gasteiger partial charge in [0.1, 0.15) is 5.75 Å². The number of fused-ring (bicyclic) bond motifs is 1. The molecule has 2 aromatic carbocycles. The van der Waals surface area contributed by atoms with Gasteiger partial charge in [-0.05, 0) is 49.2 Å². The highest BCUT2D eigenvalue weighted by molar-refractivity contribution is 6.14. The van der Waals surface area contributed by atoms with Crippen LogP contribution in [0.25, 0.3) is 6.08 Å². The SMILES string of the molecule is CCCCCCOc1ccc(/C=C2\Oc3ccc(C)cc3C2=O)cc1OC. The number of carbonyl (C=O) groups is 1. The number of benzene rings is 2. The van der Waals surface area contributed by atoms with E-state index in [9.17, 15) is 4.79 Å². The number of ketones is 1. The van der Waals surface area contributed by atoms with Crippen molar-refractivity contribution in [3.63, 3.8) is 0 Å². The van der Waals surface area contributed by atoms with Gasteiger partial charge in [0.05, 0.1) is 19.3 Å². The van der Waals surface area contributed by atoms with Crippen LogP contribution < -0.4 is 14.2 Å². The summed E-state index contributed by atoms with van der Waals surface area (Å²) in [6.07, 6.45) is 6.37. The molecular formula is C23H26O4. The van der Waals surface area contributed by atoms with Gasteiger partial charge in [0.15, 0.2) is 17.3 Å². The van der Waals surface area contributed by atoms with Gasteiger partial charge in [-0.15, -0.1) is 0 Å². The second-order valence-electron chi connectivity index (χ2n) is 6.76. The van der Waals surface area contributed by atoms with Crippen LogP contribution in [0.4, 0.5) is 0 Å². The number of rotatable bonds is 8. The molecule has 0 aromatic heterocycles. The Hall–Kier alpha value is -2.75. The Labute approximate surface area is 160 Å². The molecule has 0 aliphatic carbocycles. The summed E-state index contributed by atoms with van der Waals surface area (Å²) in [6.45, 7) is 4.82. The molecule has 0 amide bonds. The van der Waals surface area contributed by atoms with Crippen molar-refractivity contribution in [2.45, 2.75) is 39.5 Å². The minimum absolute atomic E-state index is 0.0936. The lowest BCUT2D eigenvalue weighted by atomic mass is 10.1. The zero-order chi connectivity index (χ0) is 19.2. The summed E-state index contributed by atoms with van der Waals surface area (Å²) < 4.78 is 17.0. The van der Waals surface area contributed by atoms with Crippen LogP contribution in [0.5, 0.6) is 17.2 Å². The van der Waals surface area contributed by atoms with Crippen molar-refractivity contribution >= 4 is 11.9 Å². The zero-order valence-corrected chi connectivity index (χ0v) is 16.2. The number of unbranched alkanes of at least 4 members (excludes halogenated alkanes) is 3. The average molecular weight is 366 g/mol. The maximum atomic E-state index is 12.6. The number of allylic oxidation sites excluding steroid dienone is 1. The molecule has 0 saturated carbocycles. The Morgan fingerprint density at radius 3 is 2.67 bits per heavy atom. The second-order valence-corrected chi connectivity index (χ2v) is 6.76. The first kappa shape index (κ1) is 19.0. The molecule has 1 heterocycles. The van der Waals surface area contributed by atoms with Gasteiger partial charge in [0, 0.05) is 0 Å². The van der Waals surface area contributed by atoms with Crippen molar-refractivity contribution in [3.05, 3.63) is 58.8 Å². The first-order chi connectivity index (χ1) is 13.1. The molecule has 4 nitrogen and oxygen atoms in total. The third-order valence-corrected chi connectivity index (χ3v) is 4.56. The Kier molecular flexibility index (Phi) is 6.17. The molecular weight excluding hydrogens is 340 g/mol. The highest BCUT2D eigenvalue weighted by atomic mass is 16.5. The maximum Gasteiger partial charge on any atom is 0.231 e. The van der Waals surface area contributed by atoms with Gasteiger partial charge in [-0.1, -0.05) is 43.9 Å². The standard InChI is InChI=1S/C23H26O4/c1-4-5-6-7-12-26-20-11-9-17(14-21(20)25-3)15-22-23(24)18-13-16(2)8-10-19(18)27-22/h8-11,13-15H,4-7,12H2,1-3H3/b22-15-. The number of hydrogen-bond acceptors (Lipinski definition) is 4. The molecule has 3 rings (SSSR count). The summed E-state index contributed by atoms with van der Waals surface area (Å²) in [6, 6.07) is 11.3. The molecule has 0 radical (unpaired) electrons. The molecule has 2 aromatic rings. The lowest BCUT2D eigenvalue weighted by Gasteiger charge is -2.11. The molecule has 0 unspecified atom stereocenters. The summed E-state index contributed by atoms with van der Waals surface area (Å²) >= 11 is 0. The van der Waals surface area contributed by atoms with E-state index in [2.05, 4.69) is 6.92 Å². The van der Waals surface area contributed by atoms with E-state index in [0.29, 0.717) is 35.2 Å². The van der Waals surface area contributed by atoms with E-state index >= 15 is 0 Å². The van der Waals surface area contributed by atoms with Gasteiger partial charge >= 0.3 is 0 Å². The normalized spacial score (nSPS) is 14.2. The molecule has 0 N–H and O–H groups in total. The molecule has 0 bridgehead atoms. The predicted octanol–water partition coefficient (Wildman–Crippen LogP) is 5.58. The van der Waals surface area contributed by atoms with Crippen LogP contribution in [-0.2, 0) is 0 Å². The third-order valence-electron chi connectivity index (χ3n) is 4.56. The van der Waals surface area contributed by atoms with Crippen LogP contribution in [0.1, 0.15) is 54.1 Å². The minimum atomic E-state index is -0.0936. The maximum absolute atomic E-state index is 12.6. The molecule has 0 fully saturated rings. The summed E-state index contributed by atoms with van der Waals surface area (Å²) in [5.41, 5.74) is 2.48. The van der Waals surface area contributed by atoms with E-state index in [4.69, 9.17) is 14.2 Å². The highest BCUT2D eigenvalue weighted by Crippen LogP contribution is 2.34. The van der Waals surface area contributed by atoms with Gasteiger partial charge in [0.25, 0.3) is 0 Å². The van der Waals surface area contributed by atoms with Crippen LogP contribution in [-0.4, -0.2) is 19.5 Å². The van der Waals surface area contributed by atoms with Gasteiger partial charge in [-0.2, -0.15) is 0 Å². The Morgan fingerprint density at radius 2 is 1.89 bits per heavy atom. The lowest BCUT2D eigenvalue weighted by molar-refractivity contribution is 0.101. The van der Waals surface area contributed by atoms with Crippen LogP contribution in [0.2, 0.25) is 0 Å². The fourth-order valence-corrected chi connectivity index (χ4v) is 3.06. The molecule has 1 aliphatic heterocycles. The molecule has 0 spiro atoms. The molecule has 27 heavy (non-hydrogen) atoms. The molecule has 4 heteroatoms. The molecule has 0 atom stereocenters. The number of hydrogen-bond donors (Lipinski definition) is 0. The monoisotopic (exact) mass is 366 g/mol. The summed E-state index contributed by atoms with van der Waals surface area (Å²) in [7, 11) is 1.62. The number of ether oxygens (including phenoxy) is 3. The zero-order valence-electron chi connectivity index (χ0n) is 16.2. The smallest absolute Gasteiger partial charge is 0.231 e. The first-order valence-electron chi connectivity index (χ1n) is 9.48. The van der Waals surface area contributed by atoms with Crippen LogP contribution >= 0.6 is 0 Å². The average Bonchev–Trinajstić information content (AvgIpc) is 2.97. The summed E-state index contributed by atoms with van der Waals surface area (Å²) in [5.74, 6) is 2.21. The van der Waals surface area contributed by atoms with E-state index in [1.165, 1.54) is 19.3 Å². The van der Waals surface area contributed by atoms with Crippen LogP contribution in [0, 0.1) is 6.92 Å². The minimum Gasteiger partial charge on any atom is -0.493 e. The highest BCUT2D eigenvalue weighted by Gasteiger charge is 2.27. The Bertz CT molecular complexity index is 851. The first-order valence-corrected chi connectivity index (χ1v) is 9.48. The van der Waals surface area contributed by atoms with E-state index in [-0.39, 0.29) is 5.78 Å². The Morgan fingerprint density at radius 1 is 1.04 bits per heavy atom. The van der Waals surface area contributed by atoms with Gasteiger partial charge < -0.3 is 14.2 Å². The van der Waals surface area contributed by atoms with Gasteiger partial charge in [0.2, 0.25) is 5.78 Å². The van der Waals surface area contributed by atoms with Crippen molar-refractivity contribution in [1.29, 1.82) is 0 Å². The van der Waals surface area contributed by atoms with E-state index in [0.717, 1.165) is 17.5 Å². The molecule has 0 saturated heterocycles. The lowest BCUT2D eigenvalue weighted by Crippen LogP contribution is -2.00. The van der Waals surface area contributed by atoms with E-state index in [1.807, 2.05) is 43.3 Å². The number of carbonyl (C=O) groups excluding carboxylic acids is 1.